The van der Waals surface area contributed by atoms with Crippen LogP contribution in [0.2, 0.25) is 0 Å². The Hall–Kier alpha value is 0.920. The van der Waals surface area contributed by atoms with Crippen molar-refractivity contribution in [1.29, 1.82) is 0 Å². The maximum Gasteiger partial charge on any atom is 0.369 e. The topological polar surface area (TPSA) is 620 Å². The van der Waals surface area contributed by atoms with Crippen LogP contribution < -0.4 is 32.3 Å². The van der Waals surface area contributed by atoms with Crippen molar-refractivity contribution in [3.05, 3.63) is 0 Å². The van der Waals surface area contributed by atoms with Crippen molar-refractivity contribution in [2.45, 2.75) is 85.0 Å². The van der Waals surface area contributed by atoms with Crippen LogP contribution in [0.3, 0.4) is 0 Å². The summed E-state index contributed by atoms with van der Waals surface area (Å²) in [6.45, 7) is 2.28. The van der Waals surface area contributed by atoms with E-state index in [0.29, 0.717) is 26.1 Å². The van der Waals surface area contributed by atoms with Crippen LogP contribution in [-0.4, -0.2) is 145 Å². The van der Waals surface area contributed by atoms with Crippen LogP contribution in [0.4, 0.5) is 0 Å². The molecule has 31 nitrogen and oxygen atoms in total. The second-order valence-electron chi connectivity index (χ2n) is 12.5. The number of rotatable bonds is 21. The first-order valence-electron chi connectivity index (χ1n) is 15.7. The van der Waals surface area contributed by atoms with Gasteiger partial charge in [-0.2, -0.15) is 0 Å². The lowest BCUT2D eigenvalue weighted by Crippen LogP contribution is -2.41. The summed E-state index contributed by atoms with van der Waals surface area (Å²) in [5.74, 6) is 0. The van der Waals surface area contributed by atoms with E-state index in [1.807, 2.05) is 0 Å². The van der Waals surface area contributed by atoms with Crippen LogP contribution in [0, 0.1) is 0 Å². The summed E-state index contributed by atoms with van der Waals surface area (Å²) < 4.78 is 86.3. The first-order valence-corrected chi connectivity index (χ1v) is 29.0. The molecular weight excluding hydrogens is 976 g/mol. The largest absolute Gasteiger partial charge is 0.808 e. The molecule has 0 spiro atoms. The highest BCUT2D eigenvalue weighted by molar-refractivity contribution is 7.73. The molecule has 0 aromatic heterocycles. The molecule has 39 heteroatoms. The minimum absolute atomic E-state index is 0. The molecule has 23 N–H and O–H groups in total. The van der Waals surface area contributed by atoms with E-state index in [4.69, 9.17) is 70.2 Å². The van der Waals surface area contributed by atoms with Crippen LogP contribution in [0.5, 0.6) is 0 Å². The average Bonchev–Trinajstić information content (AvgIpc) is 2.97. The number of unbranched alkanes of at least 4 members (excludes halogenated alkanes) is 2. The first-order chi connectivity index (χ1) is 25.1. The van der Waals surface area contributed by atoms with Gasteiger partial charge in [-0.05, 0) is 73.5 Å². The van der Waals surface area contributed by atoms with Gasteiger partial charge in [-0.3, -0.25) is 27.4 Å². The molecule has 0 radical (unpaired) electrons. The van der Waals surface area contributed by atoms with Crippen molar-refractivity contribution in [3.63, 3.8) is 0 Å². The molecule has 0 aliphatic carbocycles. The van der Waals surface area contributed by atoms with Crippen LogP contribution in [0.15, 0.2) is 0 Å². The number of nitrogens with zero attached hydrogens (tertiary/aromatic N) is 1. The molecule has 0 aromatic rings. The van der Waals surface area contributed by atoms with Gasteiger partial charge in [0.2, 0.25) is 0 Å². The smallest absolute Gasteiger partial charge is 0.369 e. The standard InChI is InChI=1S/C6H17NO7P2.C5H15NO7P2.C5H14O6P2.C4H13NO7P2.H3N/c7-5-3-1-2-4-6(8,15(9,10)11)16(12,13)14;1-6(2)4-3-5(7,14(8,9)10)15(11,12)13;1-3-4-5(6,12(2,7)8)13(9,10)11;5-3-1-2-4(6,13(7,8)9)14(10,11)12;/h8H,1-5,7H2,(H2,9,10,11)(H2,12,13,14);7H,3-4H2,1-2H3,(H2,8,9,10)(H2,11,12,13);6H,3-4H2,1-2H3,(H,7,8)(H2,9,10,11);6H,1-3,5H2,(H2,7,8,9)(H2,10,11,12);1H3/p-3. The molecule has 0 heterocycles. The maximum absolute atomic E-state index is 10.9. The first kappa shape index (κ1) is 69.0. The summed E-state index contributed by atoms with van der Waals surface area (Å²) in [5, 5.41) is 24.2. The zero-order chi connectivity index (χ0) is 48.1. The lowest BCUT2D eigenvalue weighted by atomic mass is 10.2. The van der Waals surface area contributed by atoms with Crippen molar-refractivity contribution in [1.82, 2.24) is 11.1 Å². The van der Waals surface area contributed by atoms with Gasteiger partial charge in [-0.1, -0.05) is 19.8 Å². The highest BCUT2D eigenvalue weighted by Crippen LogP contribution is 2.71. The molecule has 0 aromatic carbocycles. The van der Waals surface area contributed by atoms with E-state index >= 15 is 0 Å². The zero-order valence-electron chi connectivity index (χ0n) is 32.0. The number of hydrogen-bond donors (Lipinski definition) is 19. The molecule has 0 saturated carbocycles. The second-order valence-corrected chi connectivity index (χ2v) is 29.0. The second kappa shape index (κ2) is 25.6. The Labute approximate surface area is 338 Å². The van der Waals surface area contributed by atoms with E-state index in [1.54, 1.807) is 14.1 Å². The lowest BCUT2D eigenvalue weighted by molar-refractivity contribution is -0.327. The van der Waals surface area contributed by atoms with Gasteiger partial charge in [0.15, 0.2) is 0 Å². The molecule has 0 rings (SSSR count). The van der Waals surface area contributed by atoms with Crippen LogP contribution >= 0.6 is 60.5 Å². The van der Waals surface area contributed by atoms with Crippen molar-refractivity contribution in [2.24, 2.45) is 11.5 Å². The van der Waals surface area contributed by atoms with Gasteiger partial charge in [-0.15, -0.1) is 0 Å². The fraction of sp³-hybridized carbons (Fsp3) is 1.00. The van der Waals surface area contributed by atoms with Gasteiger partial charge in [0.25, 0.3) is 15.2 Å². The summed E-state index contributed by atoms with van der Waals surface area (Å²) >= 11 is 0. The predicted octanol–water partition coefficient (Wildman–Crippen LogP) is -4.05. The average molecular weight is 1040 g/mol. The van der Waals surface area contributed by atoms with Gasteiger partial charge < -0.3 is 125 Å². The Morgan fingerprint density at radius 2 is 0.746 bits per heavy atom. The Morgan fingerprint density at radius 1 is 0.475 bits per heavy atom. The SMILES string of the molecule is CCCC(O)(P(C)(=O)[O-])P(=O)([O-])[O-].CN(C)CCC(O)(P(=O)(O)O)P(=O)(O)O.N.NCCCC(O)(P(=O)(O)O)P(=O)(O)O.NCCCCCC(O)(P(=O)(O)O)P(=O)(O)O. The van der Waals surface area contributed by atoms with E-state index < -0.39 is 107 Å². The van der Waals surface area contributed by atoms with E-state index in [-0.39, 0.29) is 38.5 Å². The molecule has 0 amide bonds. The van der Waals surface area contributed by atoms with Gasteiger partial charge in [-0.25, -0.2) is 0 Å². The molecule has 364 valence electrons. The third-order valence-electron chi connectivity index (χ3n) is 7.30. The molecule has 2 atom stereocenters. The summed E-state index contributed by atoms with van der Waals surface area (Å²) in [7, 11) is -38.9. The van der Waals surface area contributed by atoms with Gasteiger partial charge in [0, 0.05) is 26.8 Å². The zero-order valence-corrected chi connectivity index (χ0v) is 39.2. The van der Waals surface area contributed by atoms with Crippen molar-refractivity contribution < 1.29 is 130 Å². The number of aliphatic hydroxyl groups is 4. The highest BCUT2D eigenvalue weighted by atomic mass is 31.3. The minimum atomic E-state index is -5.55. The number of nitrogens with two attached hydrogens (primary N) is 2. The Balaban J connectivity index is -0.000000219. The summed E-state index contributed by atoms with van der Waals surface area (Å²) in [6, 6.07) is 0. The third-order valence-corrected chi connectivity index (χ3v) is 23.4. The highest BCUT2D eigenvalue weighted by Gasteiger charge is 2.60. The quantitative estimate of drug-likeness (QED) is 0.0384. The molecule has 0 saturated heterocycles. The molecule has 0 fully saturated rings. The molecule has 0 aliphatic heterocycles. The normalized spacial score (nSPS) is 15.8. The van der Waals surface area contributed by atoms with Crippen LogP contribution in [-0.2, 0) is 36.5 Å². The monoisotopic (exact) mass is 1040 g/mol. The minimum Gasteiger partial charge on any atom is -0.808 e. The fourth-order valence-corrected chi connectivity index (χ4v) is 13.2. The van der Waals surface area contributed by atoms with Crippen molar-refractivity contribution in [3.8, 4) is 0 Å². The Kier molecular flexibility index (Phi) is 29.9. The predicted molar refractivity (Wildman–Crippen MR) is 202 cm³/mol. The number of hydrogen-bond acceptors (Lipinski definition) is 19. The van der Waals surface area contributed by atoms with E-state index in [2.05, 4.69) is 0 Å². The summed E-state index contributed by atoms with van der Waals surface area (Å²) in [5.41, 5.74) is 10.2. The molecule has 0 aliphatic rings. The molecule has 2 unspecified atom stereocenters. The Morgan fingerprint density at radius 3 is 0.932 bits per heavy atom. The van der Waals surface area contributed by atoms with E-state index in [1.165, 1.54) is 11.8 Å². The van der Waals surface area contributed by atoms with Crippen LogP contribution in [0.1, 0.15) is 64.7 Å². The van der Waals surface area contributed by atoms with Gasteiger partial charge in [0.05, 0.1) is 0 Å². The molecule has 59 heavy (non-hydrogen) atoms. The third kappa shape index (κ3) is 21.2. The van der Waals surface area contributed by atoms with Crippen molar-refractivity contribution >= 4 is 60.5 Å². The summed E-state index contributed by atoms with van der Waals surface area (Å²) in [6.07, 6.45) is -1.68. The molecule has 0 bridgehead atoms. The molecular formula is C20H59N4O27P8-3. The van der Waals surface area contributed by atoms with Crippen molar-refractivity contribution in [2.75, 3.05) is 40.4 Å². The van der Waals surface area contributed by atoms with Gasteiger partial charge >= 0.3 is 45.6 Å². The van der Waals surface area contributed by atoms with E-state index in [0.717, 1.165) is 0 Å². The van der Waals surface area contributed by atoms with E-state index in [9.17, 15) is 71.6 Å². The fourth-order valence-electron chi connectivity index (χ4n) is 3.68. The van der Waals surface area contributed by atoms with Crippen LogP contribution in [0.25, 0.3) is 0 Å². The summed E-state index contributed by atoms with van der Waals surface area (Å²) in [4.78, 5) is 138. The maximum atomic E-state index is 10.9. The lowest BCUT2D eigenvalue weighted by Gasteiger charge is -2.51. The van der Waals surface area contributed by atoms with Gasteiger partial charge in [0.1, 0.15) is 5.08 Å². The Bertz CT molecular complexity index is 1550.